The van der Waals surface area contributed by atoms with E-state index in [4.69, 9.17) is 11.5 Å². The minimum atomic E-state index is 0.249. The third-order valence-corrected chi connectivity index (χ3v) is 2.53. The van der Waals surface area contributed by atoms with Crippen LogP contribution in [0.4, 0.5) is 16.9 Å². The monoisotopic (exact) mass is 237 g/mol. The van der Waals surface area contributed by atoms with E-state index < -0.39 is 0 Å². The molecule has 2 rings (SSSR count). The first kappa shape index (κ1) is 10.6. The third-order valence-electron chi connectivity index (χ3n) is 1.77. The molecule has 0 fully saturated rings. The van der Waals surface area contributed by atoms with Gasteiger partial charge in [0.25, 0.3) is 0 Å². The summed E-state index contributed by atoms with van der Waals surface area (Å²) in [5, 5.41) is 11.9. The molecule has 0 bridgehead atoms. The predicted molar refractivity (Wildman–Crippen MR) is 62.8 cm³/mol. The zero-order chi connectivity index (χ0) is 11.5. The summed E-state index contributed by atoms with van der Waals surface area (Å²) in [5.74, 6) is 0.915. The van der Waals surface area contributed by atoms with Gasteiger partial charge in [-0.05, 0) is 6.92 Å². The van der Waals surface area contributed by atoms with Crippen molar-refractivity contribution in [1.82, 2.24) is 20.2 Å². The first-order chi connectivity index (χ1) is 7.63. The van der Waals surface area contributed by atoms with Crippen LogP contribution in [0, 0.1) is 6.92 Å². The number of rotatable bonds is 3. The Kier molecular flexibility index (Phi) is 2.82. The van der Waals surface area contributed by atoms with Crippen molar-refractivity contribution in [3.05, 3.63) is 16.8 Å². The molecular formula is C8H11N7S. The first-order valence-electron chi connectivity index (χ1n) is 4.56. The summed E-state index contributed by atoms with van der Waals surface area (Å²) in [4.78, 5) is 8.01. The van der Waals surface area contributed by atoms with Gasteiger partial charge in [0.1, 0.15) is 10.8 Å². The van der Waals surface area contributed by atoms with Crippen LogP contribution in [-0.4, -0.2) is 20.2 Å². The number of nitrogens with one attached hydrogen (secondary N) is 1. The summed E-state index contributed by atoms with van der Waals surface area (Å²) in [6.07, 6.45) is 0. The average molecular weight is 237 g/mol. The molecule has 0 aliphatic carbocycles. The van der Waals surface area contributed by atoms with Crippen LogP contribution in [0.15, 0.2) is 6.07 Å². The summed E-state index contributed by atoms with van der Waals surface area (Å²) in [6, 6.07) is 1.81. The maximum Gasteiger partial charge on any atom is 0.222 e. The number of nitrogen functional groups attached to an aromatic ring is 2. The fourth-order valence-electron chi connectivity index (χ4n) is 1.19. The van der Waals surface area contributed by atoms with Gasteiger partial charge in [-0.15, -0.1) is 10.2 Å². The van der Waals surface area contributed by atoms with Gasteiger partial charge in [0, 0.05) is 11.8 Å². The van der Waals surface area contributed by atoms with Crippen LogP contribution >= 0.6 is 11.3 Å². The minimum absolute atomic E-state index is 0.249. The van der Waals surface area contributed by atoms with Crippen LogP contribution in [0.3, 0.4) is 0 Å². The molecule has 84 valence electrons. The van der Waals surface area contributed by atoms with Crippen LogP contribution in [0.5, 0.6) is 0 Å². The van der Waals surface area contributed by atoms with Crippen LogP contribution < -0.4 is 16.8 Å². The van der Waals surface area contributed by atoms with Gasteiger partial charge in [-0.2, -0.15) is 4.98 Å². The molecule has 2 heterocycles. The Labute approximate surface area is 95.9 Å². The largest absolute Gasteiger partial charge is 0.374 e. The summed E-state index contributed by atoms with van der Waals surface area (Å²) < 4.78 is 0. The Balaban J connectivity index is 2.04. The molecule has 0 aliphatic heterocycles. The molecule has 0 aromatic carbocycles. The van der Waals surface area contributed by atoms with Gasteiger partial charge < -0.3 is 16.8 Å². The van der Waals surface area contributed by atoms with E-state index in [1.807, 2.05) is 6.92 Å². The lowest BCUT2D eigenvalue weighted by molar-refractivity contribution is 0.981. The highest BCUT2D eigenvalue weighted by molar-refractivity contribution is 7.15. The minimum Gasteiger partial charge on any atom is -0.374 e. The van der Waals surface area contributed by atoms with Gasteiger partial charge >= 0.3 is 0 Å². The maximum absolute atomic E-state index is 5.52. The highest BCUT2D eigenvalue weighted by atomic mass is 32.1. The van der Waals surface area contributed by atoms with E-state index >= 15 is 0 Å². The smallest absolute Gasteiger partial charge is 0.222 e. The second-order valence-corrected chi connectivity index (χ2v) is 4.23. The lowest BCUT2D eigenvalue weighted by atomic mass is 10.4. The van der Waals surface area contributed by atoms with E-state index in [9.17, 15) is 0 Å². The summed E-state index contributed by atoms with van der Waals surface area (Å²) in [5.41, 5.74) is 11.8. The SMILES string of the molecule is Cc1cc(NCc2nnc(N)s2)nc(N)n1. The number of aromatic nitrogens is 4. The van der Waals surface area contributed by atoms with E-state index in [1.54, 1.807) is 6.07 Å². The topological polar surface area (TPSA) is 116 Å². The second kappa shape index (κ2) is 4.27. The molecule has 2 aromatic heterocycles. The lowest BCUT2D eigenvalue weighted by Crippen LogP contribution is -2.05. The highest BCUT2D eigenvalue weighted by Gasteiger charge is 2.02. The fourth-order valence-corrected chi connectivity index (χ4v) is 1.74. The molecule has 0 unspecified atom stereocenters. The van der Waals surface area contributed by atoms with Crippen molar-refractivity contribution in [3.63, 3.8) is 0 Å². The summed E-state index contributed by atoms with van der Waals surface area (Å²) >= 11 is 1.33. The van der Waals surface area contributed by atoms with E-state index in [1.165, 1.54) is 11.3 Å². The number of hydrogen-bond donors (Lipinski definition) is 3. The molecule has 5 N–H and O–H groups in total. The second-order valence-electron chi connectivity index (χ2n) is 3.14. The number of aryl methyl sites for hydroxylation is 1. The molecular weight excluding hydrogens is 226 g/mol. The predicted octanol–water partition coefficient (Wildman–Crippen LogP) is 0.413. The van der Waals surface area contributed by atoms with Crippen LogP contribution in [-0.2, 0) is 6.54 Å². The molecule has 0 spiro atoms. The van der Waals surface area contributed by atoms with Gasteiger partial charge in [-0.1, -0.05) is 11.3 Å². The quantitative estimate of drug-likeness (QED) is 0.708. The Morgan fingerprint density at radius 3 is 2.75 bits per heavy atom. The molecule has 2 aromatic rings. The van der Waals surface area contributed by atoms with Crippen molar-refractivity contribution in [2.75, 3.05) is 16.8 Å². The average Bonchev–Trinajstić information content (AvgIpc) is 2.60. The molecule has 0 radical (unpaired) electrons. The standard InChI is InChI=1S/C8H11N7S/c1-4-2-5(13-7(9)12-4)11-3-6-14-15-8(10)16-6/h2H,3H2,1H3,(H2,10,15)(H3,9,11,12,13). The molecule has 7 nitrogen and oxygen atoms in total. The molecule has 0 saturated carbocycles. The first-order valence-corrected chi connectivity index (χ1v) is 5.38. The number of hydrogen-bond acceptors (Lipinski definition) is 8. The maximum atomic E-state index is 5.52. The molecule has 0 saturated heterocycles. The molecule has 0 aliphatic rings. The zero-order valence-corrected chi connectivity index (χ0v) is 9.45. The summed E-state index contributed by atoms with van der Waals surface area (Å²) in [7, 11) is 0. The number of nitrogens with zero attached hydrogens (tertiary/aromatic N) is 4. The normalized spacial score (nSPS) is 10.3. The highest BCUT2D eigenvalue weighted by Crippen LogP contribution is 2.13. The molecule has 0 atom stereocenters. The Morgan fingerprint density at radius 1 is 1.31 bits per heavy atom. The van der Waals surface area contributed by atoms with Crippen LogP contribution in [0.1, 0.15) is 10.7 Å². The zero-order valence-electron chi connectivity index (χ0n) is 8.64. The Morgan fingerprint density at radius 2 is 2.12 bits per heavy atom. The van der Waals surface area contributed by atoms with Gasteiger partial charge in [0.15, 0.2) is 0 Å². The van der Waals surface area contributed by atoms with Crippen molar-refractivity contribution >= 4 is 28.2 Å². The van der Waals surface area contributed by atoms with Gasteiger partial charge in [0.05, 0.1) is 6.54 Å². The van der Waals surface area contributed by atoms with E-state index in [2.05, 4.69) is 25.5 Å². The van der Waals surface area contributed by atoms with Crippen LogP contribution in [0.2, 0.25) is 0 Å². The van der Waals surface area contributed by atoms with Crippen molar-refractivity contribution in [3.8, 4) is 0 Å². The molecule has 16 heavy (non-hydrogen) atoms. The van der Waals surface area contributed by atoms with Gasteiger partial charge in [0.2, 0.25) is 11.1 Å². The number of anilines is 3. The molecule has 8 heteroatoms. The van der Waals surface area contributed by atoms with Gasteiger partial charge in [-0.3, -0.25) is 0 Å². The summed E-state index contributed by atoms with van der Waals surface area (Å²) in [6.45, 7) is 2.37. The lowest BCUT2D eigenvalue weighted by Gasteiger charge is -2.04. The Bertz CT molecular complexity index is 475. The number of nitrogens with two attached hydrogens (primary N) is 2. The molecule has 0 amide bonds. The Hall–Kier alpha value is -1.96. The van der Waals surface area contributed by atoms with E-state index in [-0.39, 0.29) is 5.95 Å². The fraction of sp³-hybridized carbons (Fsp3) is 0.250. The third kappa shape index (κ3) is 2.54. The van der Waals surface area contributed by atoms with Crippen LogP contribution in [0.25, 0.3) is 0 Å². The van der Waals surface area contributed by atoms with E-state index in [0.717, 1.165) is 10.7 Å². The van der Waals surface area contributed by atoms with Crippen molar-refractivity contribution in [2.24, 2.45) is 0 Å². The van der Waals surface area contributed by atoms with Crippen molar-refractivity contribution < 1.29 is 0 Å². The van der Waals surface area contributed by atoms with E-state index in [0.29, 0.717) is 17.5 Å². The van der Waals surface area contributed by atoms with Gasteiger partial charge in [-0.25, -0.2) is 4.98 Å². The van der Waals surface area contributed by atoms with Crippen molar-refractivity contribution in [2.45, 2.75) is 13.5 Å². The van der Waals surface area contributed by atoms with Crippen molar-refractivity contribution in [1.29, 1.82) is 0 Å².